The Hall–Kier alpha value is -2.00. The molecule has 2 aromatic carbocycles. The summed E-state index contributed by atoms with van der Waals surface area (Å²) in [6.07, 6.45) is -0.621. The van der Waals surface area contributed by atoms with Gasteiger partial charge >= 0.3 is 0 Å². The van der Waals surface area contributed by atoms with Crippen molar-refractivity contribution in [2.24, 2.45) is 0 Å². The summed E-state index contributed by atoms with van der Waals surface area (Å²) in [5.41, 5.74) is 0.528. The second-order valence-corrected chi connectivity index (χ2v) is 4.72. The molecule has 0 aromatic heterocycles. The van der Waals surface area contributed by atoms with Gasteiger partial charge in [0.15, 0.2) is 17.6 Å². The minimum Gasteiger partial charge on any atom is -0.493 e. The van der Waals surface area contributed by atoms with E-state index in [9.17, 15) is 4.79 Å². The average Bonchev–Trinajstić information content (AvgIpc) is 2.47. The van der Waals surface area contributed by atoms with Crippen molar-refractivity contribution in [1.82, 2.24) is 0 Å². The van der Waals surface area contributed by atoms with Gasteiger partial charge in [0.05, 0.1) is 7.11 Å². The second-order valence-electron chi connectivity index (χ2n) is 4.29. The largest absolute Gasteiger partial charge is 0.493 e. The molecule has 0 amide bonds. The van der Waals surface area contributed by atoms with Crippen LogP contribution in [0.3, 0.4) is 0 Å². The lowest BCUT2D eigenvalue weighted by molar-refractivity contribution is 0.0814. The molecule has 0 radical (unpaired) electrons. The summed E-state index contributed by atoms with van der Waals surface area (Å²) in [4.78, 5) is 12.3. The van der Waals surface area contributed by atoms with E-state index < -0.39 is 6.10 Å². The zero-order chi connectivity index (χ0) is 14.5. The smallest absolute Gasteiger partial charge is 0.203 e. The van der Waals surface area contributed by atoms with Crippen LogP contribution >= 0.6 is 11.6 Å². The molecular formula is C16H15ClO3. The number of benzene rings is 2. The van der Waals surface area contributed by atoms with Gasteiger partial charge in [-0.05, 0) is 31.2 Å². The van der Waals surface area contributed by atoms with E-state index in [2.05, 4.69) is 0 Å². The molecule has 0 bridgehead atoms. The number of carbonyl (C=O) groups is 1. The maximum absolute atomic E-state index is 12.3. The van der Waals surface area contributed by atoms with Crippen LogP contribution in [0.25, 0.3) is 0 Å². The number of para-hydroxylation sites is 2. The predicted octanol–water partition coefficient (Wildman–Crippen LogP) is 4.00. The van der Waals surface area contributed by atoms with Crippen LogP contribution in [0.4, 0.5) is 0 Å². The number of carbonyl (C=O) groups excluding carboxylic acids is 1. The van der Waals surface area contributed by atoms with E-state index in [1.54, 1.807) is 50.4 Å². The van der Waals surface area contributed by atoms with Crippen molar-refractivity contribution < 1.29 is 14.3 Å². The first kappa shape index (κ1) is 14.4. The van der Waals surface area contributed by atoms with E-state index in [-0.39, 0.29) is 5.78 Å². The zero-order valence-corrected chi connectivity index (χ0v) is 12.1. The molecule has 2 aromatic rings. The number of ketones is 1. The highest BCUT2D eigenvalue weighted by atomic mass is 35.5. The molecule has 0 fully saturated rings. The van der Waals surface area contributed by atoms with E-state index >= 15 is 0 Å². The standard InChI is InChI=1S/C16H15ClO3/c1-11(16(18)12-6-5-7-13(17)10-12)20-15-9-4-3-8-14(15)19-2/h3-11H,1-2H3. The Morgan fingerprint density at radius 1 is 1.10 bits per heavy atom. The highest BCUT2D eigenvalue weighted by molar-refractivity contribution is 6.31. The van der Waals surface area contributed by atoms with Gasteiger partial charge in [-0.2, -0.15) is 0 Å². The Morgan fingerprint density at radius 3 is 2.45 bits per heavy atom. The molecule has 3 nitrogen and oxygen atoms in total. The van der Waals surface area contributed by atoms with Gasteiger partial charge in [0.2, 0.25) is 5.78 Å². The minimum absolute atomic E-state index is 0.126. The Balaban J connectivity index is 2.15. The molecule has 0 saturated heterocycles. The fourth-order valence-electron chi connectivity index (χ4n) is 1.84. The lowest BCUT2D eigenvalue weighted by Gasteiger charge is -2.16. The van der Waals surface area contributed by atoms with Crippen molar-refractivity contribution in [3.05, 3.63) is 59.1 Å². The third kappa shape index (κ3) is 3.31. The molecule has 1 atom stereocenters. The highest BCUT2D eigenvalue weighted by Gasteiger charge is 2.18. The summed E-state index contributed by atoms with van der Waals surface area (Å²) in [6, 6.07) is 14.0. The molecule has 1 unspecified atom stereocenters. The van der Waals surface area contributed by atoms with Gasteiger partial charge in [-0.3, -0.25) is 4.79 Å². The molecule has 0 heterocycles. The molecular weight excluding hydrogens is 276 g/mol. The molecule has 0 N–H and O–H groups in total. The van der Waals surface area contributed by atoms with Crippen LogP contribution in [0.2, 0.25) is 5.02 Å². The van der Waals surface area contributed by atoms with Crippen molar-refractivity contribution in [3.8, 4) is 11.5 Å². The van der Waals surface area contributed by atoms with Gasteiger partial charge in [0, 0.05) is 10.6 Å². The first-order valence-corrected chi connectivity index (χ1v) is 6.59. The van der Waals surface area contributed by atoms with Crippen molar-refractivity contribution in [3.63, 3.8) is 0 Å². The summed E-state index contributed by atoms with van der Waals surface area (Å²) < 4.78 is 10.9. The fraction of sp³-hybridized carbons (Fsp3) is 0.188. The molecule has 104 valence electrons. The molecule has 0 aliphatic rings. The second kappa shape index (κ2) is 6.44. The van der Waals surface area contributed by atoms with Gasteiger partial charge in [-0.1, -0.05) is 35.9 Å². The molecule has 0 aliphatic heterocycles. The lowest BCUT2D eigenvalue weighted by Crippen LogP contribution is -2.24. The molecule has 0 aliphatic carbocycles. The van der Waals surface area contributed by atoms with Gasteiger partial charge in [0.1, 0.15) is 0 Å². The fourth-order valence-corrected chi connectivity index (χ4v) is 2.03. The van der Waals surface area contributed by atoms with E-state index in [0.717, 1.165) is 0 Å². The van der Waals surface area contributed by atoms with Crippen molar-refractivity contribution >= 4 is 17.4 Å². The van der Waals surface area contributed by atoms with Crippen molar-refractivity contribution in [1.29, 1.82) is 0 Å². The number of halogens is 1. The normalized spacial score (nSPS) is 11.8. The van der Waals surface area contributed by atoms with Crippen molar-refractivity contribution in [2.45, 2.75) is 13.0 Å². The highest BCUT2D eigenvalue weighted by Crippen LogP contribution is 2.27. The van der Waals surface area contributed by atoms with E-state index in [1.165, 1.54) is 0 Å². The van der Waals surface area contributed by atoms with Crippen LogP contribution in [0.1, 0.15) is 17.3 Å². The van der Waals surface area contributed by atoms with Crippen molar-refractivity contribution in [2.75, 3.05) is 7.11 Å². The van der Waals surface area contributed by atoms with Crippen LogP contribution in [-0.4, -0.2) is 19.0 Å². The summed E-state index contributed by atoms with van der Waals surface area (Å²) >= 11 is 5.89. The zero-order valence-electron chi connectivity index (χ0n) is 11.3. The maximum atomic E-state index is 12.3. The number of hydrogen-bond acceptors (Lipinski definition) is 3. The molecule has 0 saturated carbocycles. The lowest BCUT2D eigenvalue weighted by atomic mass is 10.1. The molecule has 0 spiro atoms. The third-order valence-corrected chi connectivity index (χ3v) is 3.09. The Morgan fingerprint density at radius 2 is 1.80 bits per heavy atom. The van der Waals surface area contributed by atoms with Crippen LogP contribution in [0.5, 0.6) is 11.5 Å². The third-order valence-electron chi connectivity index (χ3n) is 2.85. The SMILES string of the molecule is COc1ccccc1OC(C)C(=O)c1cccc(Cl)c1. The number of Topliss-reactive ketones (excluding diaryl/α,β-unsaturated/α-hetero) is 1. The average molecular weight is 291 g/mol. The minimum atomic E-state index is -0.621. The molecule has 4 heteroatoms. The number of hydrogen-bond donors (Lipinski definition) is 0. The predicted molar refractivity (Wildman–Crippen MR) is 78.9 cm³/mol. The molecule has 2 rings (SSSR count). The summed E-state index contributed by atoms with van der Waals surface area (Å²) in [5.74, 6) is 1.01. The van der Waals surface area contributed by atoms with Crippen LogP contribution < -0.4 is 9.47 Å². The quantitative estimate of drug-likeness (QED) is 0.781. The van der Waals surface area contributed by atoms with Gasteiger partial charge in [-0.25, -0.2) is 0 Å². The first-order chi connectivity index (χ1) is 9.61. The van der Waals surface area contributed by atoms with E-state index in [0.29, 0.717) is 22.1 Å². The van der Waals surface area contributed by atoms with Gasteiger partial charge < -0.3 is 9.47 Å². The van der Waals surface area contributed by atoms with E-state index in [1.807, 2.05) is 12.1 Å². The number of methoxy groups -OCH3 is 1. The van der Waals surface area contributed by atoms with Crippen LogP contribution in [0, 0.1) is 0 Å². The Labute approximate surface area is 123 Å². The monoisotopic (exact) mass is 290 g/mol. The van der Waals surface area contributed by atoms with Crippen LogP contribution in [0.15, 0.2) is 48.5 Å². The molecule has 20 heavy (non-hydrogen) atoms. The van der Waals surface area contributed by atoms with Gasteiger partial charge in [-0.15, -0.1) is 0 Å². The summed E-state index contributed by atoms with van der Waals surface area (Å²) in [7, 11) is 1.56. The summed E-state index contributed by atoms with van der Waals surface area (Å²) in [6.45, 7) is 1.70. The number of ether oxygens (including phenoxy) is 2. The summed E-state index contributed by atoms with van der Waals surface area (Å²) in [5, 5.41) is 0.528. The Bertz CT molecular complexity index is 610. The topological polar surface area (TPSA) is 35.5 Å². The van der Waals surface area contributed by atoms with Crippen LogP contribution in [-0.2, 0) is 0 Å². The van der Waals surface area contributed by atoms with E-state index in [4.69, 9.17) is 21.1 Å². The maximum Gasteiger partial charge on any atom is 0.203 e. The number of rotatable bonds is 5. The first-order valence-electron chi connectivity index (χ1n) is 6.21. The van der Waals surface area contributed by atoms with Gasteiger partial charge in [0.25, 0.3) is 0 Å². The Kier molecular flexibility index (Phi) is 4.64.